The molecule has 0 heterocycles. The highest BCUT2D eigenvalue weighted by atomic mass is 35.5. The Kier molecular flexibility index (Phi) is 4.25. The average molecular weight is 294 g/mol. The highest BCUT2D eigenvalue weighted by molar-refractivity contribution is 6.31. The molecule has 2 aromatic rings. The first-order valence-electron chi connectivity index (χ1n) is 5.95. The Morgan fingerprint density at radius 3 is 2.85 bits per heavy atom. The summed E-state index contributed by atoms with van der Waals surface area (Å²) in [5.74, 6) is -1.11. The van der Waals surface area contributed by atoms with E-state index < -0.39 is 11.8 Å². The molecule has 0 aliphatic rings. The van der Waals surface area contributed by atoms with E-state index in [0.29, 0.717) is 11.3 Å². The smallest absolute Gasteiger partial charge is 0.340 e. The van der Waals surface area contributed by atoms with Crippen LogP contribution < -0.4 is 5.73 Å². The quantitative estimate of drug-likeness (QED) is 0.693. The number of carbonyl (C=O) groups is 1. The topological polar surface area (TPSA) is 52.3 Å². The lowest BCUT2D eigenvalue weighted by Gasteiger charge is -2.09. The second kappa shape index (κ2) is 5.92. The van der Waals surface area contributed by atoms with Gasteiger partial charge >= 0.3 is 5.97 Å². The van der Waals surface area contributed by atoms with Crippen molar-refractivity contribution in [1.29, 1.82) is 0 Å². The number of benzene rings is 2. The fourth-order valence-corrected chi connectivity index (χ4v) is 1.91. The number of rotatable bonds is 3. The molecule has 5 heteroatoms. The minimum atomic E-state index is -0.563. The van der Waals surface area contributed by atoms with Gasteiger partial charge in [0.2, 0.25) is 0 Å². The SMILES string of the molecule is Cc1ccc(N)c(C(=O)OCc2cccc(F)c2Cl)c1. The van der Waals surface area contributed by atoms with Crippen LogP contribution in [-0.2, 0) is 11.3 Å². The molecule has 0 radical (unpaired) electrons. The molecule has 0 saturated carbocycles. The highest BCUT2D eigenvalue weighted by Crippen LogP contribution is 2.21. The van der Waals surface area contributed by atoms with Gasteiger partial charge in [0.1, 0.15) is 12.4 Å². The first kappa shape index (κ1) is 14.3. The third-order valence-electron chi connectivity index (χ3n) is 2.82. The van der Waals surface area contributed by atoms with E-state index in [1.165, 1.54) is 12.1 Å². The number of hydrogen-bond donors (Lipinski definition) is 1. The van der Waals surface area contributed by atoms with Crippen molar-refractivity contribution in [1.82, 2.24) is 0 Å². The predicted molar refractivity (Wildman–Crippen MR) is 76.1 cm³/mol. The number of hydrogen-bond acceptors (Lipinski definition) is 3. The summed E-state index contributed by atoms with van der Waals surface area (Å²) in [5, 5.41) is -0.0440. The molecule has 2 rings (SSSR count). The van der Waals surface area contributed by atoms with Gasteiger partial charge in [-0.3, -0.25) is 0 Å². The van der Waals surface area contributed by atoms with Gasteiger partial charge in [-0.05, 0) is 25.1 Å². The van der Waals surface area contributed by atoms with Crippen molar-refractivity contribution in [3.63, 3.8) is 0 Å². The first-order chi connectivity index (χ1) is 9.49. The second-order valence-corrected chi connectivity index (χ2v) is 4.76. The molecule has 0 fully saturated rings. The lowest BCUT2D eigenvalue weighted by Crippen LogP contribution is -2.09. The van der Waals surface area contributed by atoms with Gasteiger partial charge < -0.3 is 10.5 Å². The maximum Gasteiger partial charge on any atom is 0.340 e. The number of nitrogen functional groups attached to an aromatic ring is 1. The molecule has 3 nitrogen and oxygen atoms in total. The summed E-state index contributed by atoms with van der Waals surface area (Å²) in [7, 11) is 0. The van der Waals surface area contributed by atoms with E-state index in [1.54, 1.807) is 24.3 Å². The highest BCUT2D eigenvalue weighted by Gasteiger charge is 2.13. The van der Waals surface area contributed by atoms with Crippen LogP contribution in [-0.4, -0.2) is 5.97 Å². The van der Waals surface area contributed by atoms with E-state index in [0.717, 1.165) is 5.56 Å². The Labute approximate surface area is 121 Å². The van der Waals surface area contributed by atoms with Gasteiger partial charge in [0.05, 0.1) is 10.6 Å². The van der Waals surface area contributed by atoms with Crippen LogP contribution in [0, 0.1) is 12.7 Å². The standard InChI is InChI=1S/C15H13ClFNO2/c1-9-5-6-13(18)11(7-9)15(19)20-8-10-3-2-4-12(17)14(10)16/h2-7H,8,18H2,1H3. The fraction of sp³-hybridized carbons (Fsp3) is 0.133. The van der Waals surface area contributed by atoms with Gasteiger partial charge in [-0.1, -0.05) is 35.4 Å². The number of halogens is 2. The molecule has 0 aliphatic carbocycles. The largest absolute Gasteiger partial charge is 0.457 e. The fourth-order valence-electron chi connectivity index (χ4n) is 1.73. The zero-order valence-electron chi connectivity index (χ0n) is 10.8. The van der Waals surface area contributed by atoms with Crippen molar-refractivity contribution in [3.8, 4) is 0 Å². The van der Waals surface area contributed by atoms with Gasteiger partial charge in [0.15, 0.2) is 0 Å². The minimum Gasteiger partial charge on any atom is -0.457 e. The van der Waals surface area contributed by atoms with Crippen LogP contribution in [0.3, 0.4) is 0 Å². The summed E-state index contributed by atoms with van der Waals surface area (Å²) >= 11 is 5.79. The summed E-state index contributed by atoms with van der Waals surface area (Å²) in [5.41, 5.74) is 7.66. The van der Waals surface area contributed by atoms with Crippen LogP contribution in [0.15, 0.2) is 36.4 Å². The van der Waals surface area contributed by atoms with Gasteiger partial charge in [0.25, 0.3) is 0 Å². The van der Waals surface area contributed by atoms with Crippen molar-refractivity contribution in [2.75, 3.05) is 5.73 Å². The molecule has 104 valence electrons. The van der Waals surface area contributed by atoms with E-state index in [2.05, 4.69) is 0 Å². The normalized spacial score (nSPS) is 10.3. The van der Waals surface area contributed by atoms with Crippen molar-refractivity contribution < 1.29 is 13.9 Å². The van der Waals surface area contributed by atoms with Crippen LogP contribution >= 0.6 is 11.6 Å². The summed E-state index contributed by atoms with van der Waals surface area (Å²) in [6.45, 7) is 1.74. The molecule has 0 unspecified atom stereocenters. The maximum atomic E-state index is 13.3. The Morgan fingerprint density at radius 1 is 1.35 bits per heavy atom. The predicted octanol–water partition coefficient (Wildman–Crippen LogP) is 3.73. The zero-order valence-corrected chi connectivity index (χ0v) is 11.6. The maximum absolute atomic E-state index is 13.3. The van der Waals surface area contributed by atoms with Crippen molar-refractivity contribution >= 4 is 23.3 Å². The molecule has 0 amide bonds. The molecule has 0 aromatic heterocycles. The minimum absolute atomic E-state index is 0.0440. The average Bonchev–Trinajstić information content (AvgIpc) is 2.43. The Bertz CT molecular complexity index is 658. The molecule has 0 aliphatic heterocycles. The van der Waals surface area contributed by atoms with Crippen LogP contribution in [0.2, 0.25) is 5.02 Å². The van der Waals surface area contributed by atoms with E-state index in [9.17, 15) is 9.18 Å². The van der Waals surface area contributed by atoms with Gasteiger partial charge in [0, 0.05) is 11.3 Å². The molecule has 0 saturated heterocycles. The van der Waals surface area contributed by atoms with Crippen molar-refractivity contribution in [2.24, 2.45) is 0 Å². The van der Waals surface area contributed by atoms with E-state index in [4.69, 9.17) is 22.1 Å². The molecular weight excluding hydrogens is 281 g/mol. The number of ether oxygens (including phenoxy) is 1. The summed E-state index contributed by atoms with van der Waals surface area (Å²) < 4.78 is 18.4. The third kappa shape index (κ3) is 3.08. The van der Waals surface area contributed by atoms with E-state index >= 15 is 0 Å². The number of anilines is 1. The Morgan fingerprint density at radius 2 is 2.10 bits per heavy atom. The van der Waals surface area contributed by atoms with E-state index in [1.807, 2.05) is 6.92 Å². The lowest BCUT2D eigenvalue weighted by atomic mass is 10.1. The molecule has 0 spiro atoms. The van der Waals surface area contributed by atoms with Gasteiger partial charge in [-0.2, -0.15) is 0 Å². The van der Waals surface area contributed by atoms with Gasteiger partial charge in [-0.15, -0.1) is 0 Å². The molecule has 2 N–H and O–H groups in total. The zero-order chi connectivity index (χ0) is 14.7. The summed E-state index contributed by atoms with van der Waals surface area (Å²) in [4.78, 5) is 11.9. The Hall–Kier alpha value is -2.07. The Balaban J connectivity index is 2.13. The molecule has 0 bridgehead atoms. The van der Waals surface area contributed by atoms with Crippen LogP contribution in [0.4, 0.5) is 10.1 Å². The molecular formula is C15H13ClFNO2. The monoisotopic (exact) mass is 293 g/mol. The number of aryl methyl sites for hydroxylation is 1. The van der Waals surface area contributed by atoms with Crippen LogP contribution in [0.1, 0.15) is 21.5 Å². The van der Waals surface area contributed by atoms with Gasteiger partial charge in [-0.25, -0.2) is 9.18 Å². The second-order valence-electron chi connectivity index (χ2n) is 4.38. The molecule has 0 atom stereocenters. The lowest BCUT2D eigenvalue weighted by molar-refractivity contribution is 0.0473. The summed E-state index contributed by atoms with van der Waals surface area (Å²) in [6, 6.07) is 9.43. The first-order valence-corrected chi connectivity index (χ1v) is 6.33. The van der Waals surface area contributed by atoms with Crippen molar-refractivity contribution in [2.45, 2.75) is 13.5 Å². The van der Waals surface area contributed by atoms with Crippen molar-refractivity contribution in [3.05, 3.63) is 63.9 Å². The number of carbonyl (C=O) groups excluding carboxylic acids is 1. The molecule has 20 heavy (non-hydrogen) atoms. The van der Waals surface area contributed by atoms with E-state index in [-0.39, 0.29) is 17.2 Å². The van der Waals surface area contributed by atoms with Crippen LogP contribution in [0.25, 0.3) is 0 Å². The third-order valence-corrected chi connectivity index (χ3v) is 3.24. The van der Waals surface area contributed by atoms with Crippen LogP contribution in [0.5, 0.6) is 0 Å². The molecule has 2 aromatic carbocycles. The summed E-state index contributed by atoms with van der Waals surface area (Å²) in [6.07, 6.45) is 0. The number of esters is 1. The number of nitrogens with two attached hydrogens (primary N) is 1.